The van der Waals surface area contributed by atoms with Gasteiger partial charge in [-0.25, -0.2) is 17.4 Å². The second-order valence-electron chi connectivity index (χ2n) is 5.29. The van der Waals surface area contributed by atoms with Crippen LogP contribution in [0.25, 0.3) is 0 Å². The Morgan fingerprint density at radius 2 is 2.40 bits per heavy atom. The van der Waals surface area contributed by atoms with E-state index in [1.54, 1.807) is 13.2 Å². The predicted octanol–water partition coefficient (Wildman–Crippen LogP) is -0.204. The molecule has 114 valence electrons. The quantitative estimate of drug-likeness (QED) is 0.682. The zero-order chi connectivity index (χ0) is 14.6. The summed E-state index contributed by atoms with van der Waals surface area (Å²) in [5, 5.41) is 11.0. The molecule has 0 fully saturated rings. The first kappa shape index (κ1) is 15.3. The van der Waals surface area contributed by atoms with Crippen molar-refractivity contribution in [3.8, 4) is 0 Å². The van der Waals surface area contributed by atoms with Crippen LogP contribution in [0.4, 0.5) is 5.82 Å². The van der Waals surface area contributed by atoms with Gasteiger partial charge in [0, 0.05) is 45.2 Å². The molecule has 2 heterocycles. The van der Waals surface area contributed by atoms with Crippen molar-refractivity contribution in [3.63, 3.8) is 0 Å². The molecule has 2 rings (SSSR count). The molecule has 0 aliphatic carbocycles. The van der Waals surface area contributed by atoms with Gasteiger partial charge in [-0.3, -0.25) is 0 Å². The van der Waals surface area contributed by atoms with Crippen LogP contribution in [0.5, 0.6) is 0 Å². The number of aromatic nitrogens is 2. The van der Waals surface area contributed by atoms with Crippen molar-refractivity contribution < 1.29 is 8.42 Å². The van der Waals surface area contributed by atoms with Crippen molar-refractivity contribution in [2.24, 2.45) is 5.92 Å². The summed E-state index contributed by atoms with van der Waals surface area (Å²) in [5.74, 6) is 1.59. The van der Waals surface area contributed by atoms with Gasteiger partial charge in [-0.2, -0.15) is 5.10 Å². The van der Waals surface area contributed by atoms with Crippen molar-refractivity contribution >= 4 is 15.8 Å². The Morgan fingerprint density at radius 3 is 3.15 bits per heavy atom. The van der Waals surface area contributed by atoms with Crippen LogP contribution in [0, 0.1) is 5.92 Å². The van der Waals surface area contributed by atoms with E-state index in [9.17, 15) is 8.42 Å². The molecular weight excluding hydrogens is 278 g/mol. The smallest absolute Gasteiger partial charge is 0.210 e. The summed E-state index contributed by atoms with van der Waals surface area (Å²) in [6.07, 6.45) is 3.85. The SMILES string of the molecule is CN(CCCNC[C@@H]1CNc2ccnn2C1)S(C)(=O)=O. The molecule has 0 aromatic carbocycles. The minimum atomic E-state index is -3.05. The Hall–Kier alpha value is -1.12. The van der Waals surface area contributed by atoms with E-state index in [1.165, 1.54) is 10.6 Å². The fraction of sp³-hybridized carbons (Fsp3) is 0.750. The van der Waals surface area contributed by atoms with Crippen LogP contribution in [-0.2, 0) is 16.6 Å². The van der Waals surface area contributed by atoms with Gasteiger partial charge in [0.25, 0.3) is 0 Å². The van der Waals surface area contributed by atoms with E-state index in [0.29, 0.717) is 12.5 Å². The van der Waals surface area contributed by atoms with Crippen LogP contribution in [0.2, 0.25) is 0 Å². The largest absolute Gasteiger partial charge is 0.370 e. The molecule has 0 bridgehead atoms. The third-order valence-corrected chi connectivity index (χ3v) is 4.86. The molecule has 0 saturated carbocycles. The molecule has 0 unspecified atom stereocenters. The average molecular weight is 301 g/mol. The molecule has 8 heteroatoms. The summed E-state index contributed by atoms with van der Waals surface area (Å²) < 4.78 is 25.8. The van der Waals surface area contributed by atoms with E-state index in [4.69, 9.17) is 0 Å². The van der Waals surface area contributed by atoms with Crippen molar-refractivity contribution in [1.29, 1.82) is 0 Å². The molecule has 1 aliphatic heterocycles. The minimum Gasteiger partial charge on any atom is -0.370 e. The van der Waals surface area contributed by atoms with Gasteiger partial charge < -0.3 is 10.6 Å². The van der Waals surface area contributed by atoms with Crippen molar-refractivity contribution in [1.82, 2.24) is 19.4 Å². The van der Waals surface area contributed by atoms with Gasteiger partial charge >= 0.3 is 0 Å². The highest BCUT2D eigenvalue weighted by Crippen LogP contribution is 2.15. The van der Waals surface area contributed by atoms with Gasteiger partial charge in [-0.15, -0.1) is 0 Å². The van der Waals surface area contributed by atoms with Crippen molar-refractivity contribution in [2.75, 3.05) is 44.8 Å². The Labute approximate surface area is 120 Å². The second-order valence-corrected chi connectivity index (χ2v) is 7.38. The average Bonchev–Trinajstić information content (AvgIpc) is 2.84. The fourth-order valence-electron chi connectivity index (χ4n) is 2.22. The standard InChI is InChI=1S/C12H23N5O2S/c1-16(20(2,18)19)7-3-5-13-8-11-9-14-12-4-6-15-17(12)10-11/h4,6,11,13-14H,3,5,7-10H2,1-2H3/t11-/m1/s1. The third kappa shape index (κ3) is 4.19. The highest BCUT2D eigenvalue weighted by atomic mass is 32.2. The highest BCUT2D eigenvalue weighted by Gasteiger charge is 2.17. The first-order chi connectivity index (χ1) is 9.47. The van der Waals surface area contributed by atoms with Crippen molar-refractivity contribution in [2.45, 2.75) is 13.0 Å². The zero-order valence-electron chi connectivity index (χ0n) is 12.0. The van der Waals surface area contributed by atoms with E-state index >= 15 is 0 Å². The van der Waals surface area contributed by atoms with E-state index in [0.717, 1.165) is 38.4 Å². The molecule has 0 radical (unpaired) electrons. The predicted molar refractivity (Wildman–Crippen MR) is 79.2 cm³/mol. The van der Waals surface area contributed by atoms with Crippen LogP contribution < -0.4 is 10.6 Å². The van der Waals surface area contributed by atoms with Gasteiger partial charge in [0.2, 0.25) is 10.0 Å². The maximum Gasteiger partial charge on any atom is 0.210 e. The summed E-state index contributed by atoms with van der Waals surface area (Å²) in [4.78, 5) is 0. The summed E-state index contributed by atoms with van der Waals surface area (Å²) in [7, 11) is -1.44. The summed E-state index contributed by atoms with van der Waals surface area (Å²) in [6.45, 7) is 4.16. The lowest BCUT2D eigenvalue weighted by Gasteiger charge is -2.25. The van der Waals surface area contributed by atoms with Crippen LogP contribution in [-0.4, -0.2) is 62.0 Å². The number of fused-ring (bicyclic) bond motifs is 1. The monoisotopic (exact) mass is 301 g/mol. The van der Waals surface area contributed by atoms with Gasteiger partial charge in [0.15, 0.2) is 0 Å². The second kappa shape index (κ2) is 6.55. The first-order valence-electron chi connectivity index (χ1n) is 6.84. The van der Waals surface area contributed by atoms with Gasteiger partial charge in [-0.1, -0.05) is 0 Å². The van der Waals surface area contributed by atoms with Crippen LogP contribution in [0.1, 0.15) is 6.42 Å². The molecule has 1 aromatic heterocycles. The van der Waals surface area contributed by atoms with E-state index in [1.807, 2.05) is 10.7 Å². The Kier molecular flexibility index (Phi) is 5.00. The maximum absolute atomic E-state index is 11.2. The normalized spacial score (nSPS) is 18.9. The Morgan fingerprint density at radius 1 is 1.60 bits per heavy atom. The number of hydrogen-bond acceptors (Lipinski definition) is 5. The number of rotatable bonds is 7. The van der Waals surface area contributed by atoms with E-state index in [-0.39, 0.29) is 0 Å². The van der Waals surface area contributed by atoms with Crippen LogP contribution in [0.3, 0.4) is 0 Å². The molecule has 0 amide bonds. The number of sulfonamides is 1. The maximum atomic E-state index is 11.2. The first-order valence-corrected chi connectivity index (χ1v) is 8.69. The van der Waals surface area contributed by atoms with Gasteiger partial charge in [0.05, 0.1) is 12.5 Å². The van der Waals surface area contributed by atoms with Crippen molar-refractivity contribution in [3.05, 3.63) is 12.3 Å². The molecule has 2 N–H and O–H groups in total. The number of nitrogens with one attached hydrogen (secondary N) is 2. The molecule has 7 nitrogen and oxygen atoms in total. The molecule has 1 aromatic rings. The molecule has 0 spiro atoms. The summed E-state index contributed by atoms with van der Waals surface area (Å²) >= 11 is 0. The number of hydrogen-bond donors (Lipinski definition) is 2. The van der Waals surface area contributed by atoms with Gasteiger partial charge in [0.1, 0.15) is 5.82 Å². The minimum absolute atomic E-state index is 0.509. The molecule has 0 saturated heterocycles. The van der Waals surface area contributed by atoms with E-state index < -0.39 is 10.0 Å². The fourth-order valence-corrected chi connectivity index (χ4v) is 2.68. The highest BCUT2D eigenvalue weighted by molar-refractivity contribution is 7.88. The van der Waals surface area contributed by atoms with Crippen LogP contribution in [0.15, 0.2) is 12.3 Å². The van der Waals surface area contributed by atoms with E-state index in [2.05, 4.69) is 15.7 Å². The lowest BCUT2D eigenvalue weighted by Crippen LogP contribution is -2.36. The summed E-state index contributed by atoms with van der Waals surface area (Å²) in [6, 6.07) is 1.98. The number of anilines is 1. The Bertz CT molecular complexity index is 528. The molecule has 1 atom stereocenters. The van der Waals surface area contributed by atoms with Crippen LogP contribution >= 0.6 is 0 Å². The third-order valence-electron chi connectivity index (χ3n) is 3.55. The topological polar surface area (TPSA) is 79.3 Å². The lowest BCUT2D eigenvalue weighted by molar-refractivity contribution is 0.385. The van der Waals surface area contributed by atoms with Gasteiger partial charge in [-0.05, 0) is 13.0 Å². The Balaban J connectivity index is 1.61. The molecule has 1 aliphatic rings. The summed E-state index contributed by atoms with van der Waals surface area (Å²) in [5.41, 5.74) is 0. The lowest BCUT2D eigenvalue weighted by atomic mass is 10.1. The zero-order valence-corrected chi connectivity index (χ0v) is 12.9. The number of nitrogens with zero attached hydrogens (tertiary/aromatic N) is 3. The molecule has 20 heavy (non-hydrogen) atoms. The molecular formula is C12H23N5O2S.